The molecule has 5 N–H and O–H groups in total. The molecule has 0 saturated carbocycles. The average molecular weight is 247 g/mol. The van der Waals surface area contributed by atoms with Crippen molar-refractivity contribution in [1.29, 1.82) is 0 Å². The normalized spacial score (nSPS) is 10.9. The van der Waals surface area contributed by atoms with E-state index < -0.39 is 25.9 Å². The lowest BCUT2D eigenvalue weighted by molar-refractivity contribution is -0.121. The standard InChI is InChI=1S/C8H11FN3O3P/c9-6-1-3-7(4-2-6)15-5-8(13)12-16(10,11)14/h1-4H,5H2,(H5,10,11,12,13,14). The van der Waals surface area contributed by atoms with Crippen LogP contribution in [0.1, 0.15) is 0 Å². The van der Waals surface area contributed by atoms with Gasteiger partial charge in [-0.05, 0) is 24.3 Å². The van der Waals surface area contributed by atoms with Crippen molar-refractivity contribution in [1.82, 2.24) is 5.09 Å². The van der Waals surface area contributed by atoms with Crippen molar-refractivity contribution in [2.75, 3.05) is 6.61 Å². The first-order valence-corrected chi connectivity index (χ1v) is 6.08. The van der Waals surface area contributed by atoms with Crippen molar-refractivity contribution >= 4 is 13.5 Å². The van der Waals surface area contributed by atoms with Crippen LogP contribution in [-0.2, 0) is 9.36 Å². The molecular weight excluding hydrogens is 236 g/mol. The number of benzene rings is 1. The summed E-state index contributed by atoms with van der Waals surface area (Å²) >= 11 is 0. The lowest BCUT2D eigenvalue weighted by atomic mass is 10.3. The topological polar surface area (TPSA) is 107 Å². The van der Waals surface area contributed by atoms with Gasteiger partial charge in [-0.2, -0.15) is 0 Å². The maximum absolute atomic E-state index is 12.5. The van der Waals surface area contributed by atoms with Crippen molar-refractivity contribution in [3.05, 3.63) is 30.1 Å². The molecule has 0 radical (unpaired) electrons. The number of ether oxygens (including phenoxy) is 1. The molecule has 1 aromatic rings. The van der Waals surface area contributed by atoms with E-state index in [0.717, 1.165) is 0 Å². The first-order valence-electron chi connectivity index (χ1n) is 4.23. The summed E-state index contributed by atoms with van der Waals surface area (Å²) in [6.45, 7) is -0.399. The van der Waals surface area contributed by atoms with Crippen LogP contribution in [0.3, 0.4) is 0 Å². The van der Waals surface area contributed by atoms with E-state index in [2.05, 4.69) is 0 Å². The minimum atomic E-state index is -3.59. The van der Waals surface area contributed by atoms with Crippen molar-refractivity contribution < 1.29 is 18.5 Å². The van der Waals surface area contributed by atoms with Gasteiger partial charge in [-0.25, -0.2) is 4.39 Å². The summed E-state index contributed by atoms with van der Waals surface area (Å²) < 4.78 is 28.3. The van der Waals surface area contributed by atoms with Gasteiger partial charge >= 0.3 is 0 Å². The zero-order valence-electron chi connectivity index (χ0n) is 8.22. The van der Waals surface area contributed by atoms with Crippen LogP contribution < -0.4 is 20.8 Å². The van der Waals surface area contributed by atoms with Gasteiger partial charge in [-0.1, -0.05) is 0 Å². The molecule has 0 atom stereocenters. The summed E-state index contributed by atoms with van der Waals surface area (Å²) in [4.78, 5) is 11.1. The Labute approximate surface area is 91.3 Å². The average Bonchev–Trinajstić information content (AvgIpc) is 2.14. The summed E-state index contributed by atoms with van der Waals surface area (Å²) in [7, 11) is -3.59. The highest BCUT2D eigenvalue weighted by atomic mass is 31.2. The highest BCUT2D eigenvalue weighted by molar-refractivity contribution is 7.57. The van der Waals surface area contributed by atoms with E-state index in [1.165, 1.54) is 24.3 Å². The zero-order valence-corrected chi connectivity index (χ0v) is 9.12. The number of rotatable bonds is 4. The molecule has 16 heavy (non-hydrogen) atoms. The number of amides is 1. The summed E-state index contributed by atoms with van der Waals surface area (Å²) in [5, 5.41) is 1.87. The molecule has 0 aliphatic heterocycles. The van der Waals surface area contributed by atoms with Gasteiger partial charge < -0.3 is 4.74 Å². The van der Waals surface area contributed by atoms with Crippen molar-refractivity contribution in [2.24, 2.45) is 11.0 Å². The molecule has 8 heteroatoms. The fraction of sp³-hybridized carbons (Fsp3) is 0.125. The van der Waals surface area contributed by atoms with Crippen LogP contribution in [0.15, 0.2) is 24.3 Å². The molecule has 1 rings (SSSR count). The Morgan fingerprint density at radius 1 is 1.38 bits per heavy atom. The van der Waals surface area contributed by atoms with E-state index in [1.54, 1.807) is 0 Å². The molecule has 0 unspecified atom stereocenters. The first-order chi connectivity index (χ1) is 7.37. The highest BCUT2D eigenvalue weighted by Gasteiger charge is 2.12. The number of carbonyl (C=O) groups excluding carboxylic acids is 1. The van der Waals surface area contributed by atoms with Crippen LogP contribution in [-0.4, -0.2) is 12.5 Å². The van der Waals surface area contributed by atoms with Gasteiger partial charge in [0, 0.05) is 0 Å². The van der Waals surface area contributed by atoms with Gasteiger partial charge in [-0.3, -0.25) is 25.5 Å². The Kier molecular flexibility index (Phi) is 4.00. The van der Waals surface area contributed by atoms with E-state index in [0.29, 0.717) is 5.75 Å². The Bertz CT molecular complexity index is 417. The second-order valence-corrected chi connectivity index (χ2v) is 4.63. The Morgan fingerprint density at radius 3 is 2.44 bits per heavy atom. The van der Waals surface area contributed by atoms with E-state index >= 15 is 0 Å². The van der Waals surface area contributed by atoms with Crippen LogP contribution in [0, 0.1) is 5.82 Å². The molecule has 0 bridgehead atoms. The molecule has 0 spiro atoms. The van der Waals surface area contributed by atoms with E-state index in [1.807, 2.05) is 5.09 Å². The van der Waals surface area contributed by atoms with E-state index in [9.17, 15) is 13.8 Å². The maximum atomic E-state index is 12.5. The van der Waals surface area contributed by atoms with Gasteiger partial charge in [0.05, 0.1) is 0 Å². The third-order valence-electron chi connectivity index (χ3n) is 1.48. The van der Waals surface area contributed by atoms with Gasteiger partial charge in [0.2, 0.25) is 0 Å². The van der Waals surface area contributed by atoms with Crippen molar-refractivity contribution in [2.45, 2.75) is 0 Å². The van der Waals surface area contributed by atoms with Crippen LogP contribution in [0.4, 0.5) is 4.39 Å². The van der Waals surface area contributed by atoms with E-state index in [4.69, 9.17) is 15.7 Å². The van der Waals surface area contributed by atoms with Gasteiger partial charge in [0.25, 0.3) is 13.5 Å². The number of hydrogen-bond donors (Lipinski definition) is 3. The second kappa shape index (κ2) is 5.07. The molecule has 6 nitrogen and oxygen atoms in total. The SMILES string of the molecule is NP(N)(=O)NC(=O)COc1ccc(F)cc1. The van der Waals surface area contributed by atoms with Crippen molar-refractivity contribution in [3.8, 4) is 5.75 Å². The zero-order chi connectivity index (χ0) is 12.2. The number of nitrogens with one attached hydrogen (secondary N) is 1. The Hall–Kier alpha value is -1.43. The molecule has 0 aromatic heterocycles. The lowest BCUT2D eigenvalue weighted by Gasteiger charge is -2.09. The summed E-state index contributed by atoms with van der Waals surface area (Å²) in [6, 6.07) is 5.08. The fourth-order valence-electron chi connectivity index (χ4n) is 0.907. The van der Waals surface area contributed by atoms with Crippen LogP contribution in [0.2, 0.25) is 0 Å². The summed E-state index contributed by atoms with van der Waals surface area (Å²) in [5.41, 5.74) is 9.84. The van der Waals surface area contributed by atoms with Crippen LogP contribution in [0.5, 0.6) is 5.75 Å². The molecule has 88 valence electrons. The summed E-state index contributed by atoms with van der Waals surface area (Å²) in [5.74, 6) is -0.816. The van der Waals surface area contributed by atoms with Gasteiger partial charge in [0.15, 0.2) is 6.61 Å². The predicted molar refractivity (Wildman–Crippen MR) is 56.0 cm³/mol. The highest BCUT2D eigenvalue weighted by Crippen LogP contribution is 2.17. The molecule has 0 heterocycles. The number of halogens is 1. The maximum Gasteiger partial charge on any atom is 0.300 e. The third-order valence-corrected chi connectivity index (χ3v) is 2.08. The minimum Gasteiger partial charge on any atom is -0.484 e. The molecular formula is C8H11FN3O3P. The van der Waals surface area contributed by atoms with E-state index in [-0.39, 0.29) is 0 Å². The molecule has 0 aliphatic rings. The number of hydrogen-bond acceptors (Lipinski definition) is 3. The van der Waals surface area contributed by atoms with Gasteiger partial charge in [0.1, 0.15) is 11.6 Å². The third kappa shape index (κ3) is 4.88. The number of nitrogens with two attached hydrogens (primary N) is 2. The molecule has 0 saturated heterocycles. The molecule has 0 aliphatic carbocycles. The van der Waals surface area contributed by atoms with Crippen LogP contribution in [0.25, 0.3) is 0 Å². The minimum absolute atomic E-state index is 0.306. The largest absolute Gasteiger partial charge is 0.484 e. The molecule has 1 aromatic carbocycles. The Balaban J connectivity index is 2.43. The predicted octanol–water partition coefficient (Wildman–Crippen LogP) is 0.346. The monoisotopic (exact) mass is 247 g/mol. The van der Waals surface area contributed by atoms with Crippen molar-refractivity contribution in [3.63, 3.8) is 0 Å². The van der Waals surface area contributed by atoms with Crippen LogP contribution >= 0.6 is 7.59 Å². The summed E-state index contributed by atoms with van der Waals surface area (Å²) in [6.07, 6.45) is 0. The van der Waals surface area contributed by atoms with Gasteiger partial charge in [-0.15, -0.1) is 0 Å². The number of carbonyl (C=O) groups is 1. The first kappa shape index (κ1) is 12.6. The fourth-order valence-corrected chi connectivity index (χ4v) is 1.36. The molecule has 0 fully saturated rings. The molecule has 1 amide bonds. The Morgan fingerprint density at radius 2 is 1.94 bits per heavy atom. The lowest BCUT2D eigenvalue weighted by Crippen LogP contribution is -2.32. The quantitative estimate of drug-likeness (QED) is 0.665. The smallest absolute Gasteiger partial charge is 0.300 e. The second-order valence-electron chi connectivity index (χ2n) is 2.99.